The summed E-state index contributed by atoms with van der Waals surface area (Å²) in [5.74, 6) is 0.760. The summed E-state index contributed by atoms with van der Waals surface area (Å²) >= 11 is 6.02. The molecule has 0 bridgehead atoms. The molecule has 0 saturated heterocycles. The third-order valence-corrected chi connectivity index (χ3v) is 2.83. The van der Waals surface area contributed by atoms with Gasteiger partial charge in [0.1, 0.15) is 5.75 Å². The Bertz CT molecular complexity index is 385. The van der Waals surface area contributed by atoms with Gasteiger partial charge in [-0.05, 0) is 38.5 Å². The first-order chi connectivity index (χ1) is 7.27. The summed E-state index contributed by atoms with van der Waals surface area (Å²) in [7, 11) is 1.62. The van der Waals surface area contributed by atoms with Gasteiger partial charge in [0.2, 0.25) is 0 Å². The van der Waals surface area contributed by atoms with Gasteiger partial charge in [0.25, 0.3) is 0 Å². The largest absolute Gasteiger partial charge is 0.496 e. The highest BCUT2D eigenvalue weighted by Crippen LogP contribution is 2.34. The van der Waals surface area contributed by atoms with Crippen LogP contribution in [0.25, 0.3) is 0 Å². The van der Waals surface area contributed by atoms with Crippen molar-refractivity contribution >= 4 is 11.6 Å². The topological polar surface area (TPSA) is 61.3 Å². The first kappa shape index (κ1) is 13.3. The highest BCUT2D eigenvalue weighted by molar-refractivity contribution is 6.30. The lowest BCUT2D eigenvalue weighted by Crippen LogP contribution is -2.44. The second kappa shape index (κ2) is 4.62. The van der Waals surface area contributed by atoms with E-state index in [1.165, 1.54) is 0 Å². The summed E-state index contributed by atoms with van der Waals surface area (Å²) in [6.45, 7) is 5.70. The van der Waals surface area contributed by atoms with Crippen molar-refractivity contribution in [2.24, 2.45) is 11.5 Å². The van der Waals surface area contributed by atoms with Crippen LogP contribution in [0.15, 0.2) is 12.1 Å². The Morgan fingerprint density at radius 2 is 1.94 bits per heavy atom. The fourth-order valence-corrected chi connectivity index (χ4v) is 1.95. The molecule has 0 aliphatic carbocycles. The highest BCUT2D eigenvalue weighted by Gasteiger charge is 2.26. The zero-order valence-corrected chi connectivity index (χ0v) is 10.9. The zero-order valence-electron chi connectivity index (χ0n) is 10.2. The number of halogens is 1. The smallest absolute Gasteiger partial charge is 0.126 e. The van der Waals surface area contributed by atoms with Gasteiger partial charge in [-0.1, -0.05) is 11.6 Å². The SMILES string of the molecule is COc1c(C)cc(Cl)cc1C(N)C(C)(C)N. The van der Waals surface area contributed by atoms with Crippen molar-refractivity contribution in [2.45, 2.75) is 32.4 Å². The van der Waals surface area contributed by atoms with Crippen LogP contribution in [0.3, 0.4) is 0 Å². The normalized spacial score (nSPS) is 13.7. The predicted octanol–water partition coefficient (Wildman–Crippen LogP) is 2.39. The number of benzene rings is 1. The monoisotopic (exact) mass is 242 g/mol. The fraction of sp³-hybridized carbons (Fsp3) is 0.500. The van der Waals surface area contributed by atoms with Crippen molar-refractivity contribution in [3.05, 3.63) is 28.3 Å². The third-order valence-electron chi connectivity index (χ3n) is 2.61. The summed E-state index contributed by atoms with van der Waals surface area (Å²) in [5, 5.41) is 0.646. The summed E-state index contributed by atoms with van der Waals surface area (Å²) < 4.78 is 5.35. The average Bonchev–Trinajstić information content (AvgIpc) is 2.14. The molecule has 1 unspecified atom stereocenters. The van der Waals surface area contributed by atoms with E-state index in [-0.39, 0.29) is 6.04 Å². The summed E-state index contributed by atoms with van der Waals surface area (Å²) in [4.78, 5) is 0. The molecule has 1 aromatic rings. The van der Waals surface area contributed by atoms with E-state index >= 15 is 0 Å². The van der Waals surface area contributed by atoms with E-state index in [4.69, 9.17) is 27.8 Å². The lowest BCUT2D eigenvalue weighted by molar-refractivity contribution is 0.375. The van der Waals surface area contributed by atoms with Crippen LogP contribution >= 0.6 is 11.6 Å². The lowest BCUT2D eigenvalue weighted by atomic mass is 9.89. The fourth-order valence-electron chi connectivity index (χ4n) is 1.67. The molecule has 1 aromatic carbocycles. The van der Waals surface area contributed by atoms with Crippen LogP contribution in [0.4, 0.5) is 0 Å². The standard InChI is InChI=1S/C12H19ClN2O/c1-7-5-8(13)6-9(10(7)16-4)11(14)12(2,3)15/h5-6,11H,14-15H2,1-4H3. The molecule has 3 nitrogen and oxygen atoms in total. The van der Waals surface area contributed by atoms with Crippen LogP contribution in [-0.4, -0.2) is 12.6 Å². The number of nitrogens with two attached hydrogens (primary N) is 2. The Morgan fingerprint density at radius 1 is 1.38 bits per heavy atom. The Morgan fingerprint density at radius 3 is 2.38 bits per heavy atom. The molecule has 0 heterocycles. The van der Waals surface area contributed by atoms with E-state index in [1.807, 2.05) is 32.9 Å². The Labute approximate surface area is 102 Å². The maximum absolute atomic E-state index is 6.12. The van der Waals surface area contributed by atoms with E-state index < -0.39 is 5.54 Å². The number of rotatable bonds is 3. The molecule has 0 amide bonds. The molecule has 4 N–H and O–H groups in total. The minimum atomic E-state index is -0.523. The molecule has 16 heavy (non-hydrogen) atoms. The quantitative estimate of drug-likeness (QED) is 0.856. The van der Waals surface area contributed by atoms with Crippen LogP contribution in [0.5, 0.6) is 5.75 Å². The third kappa shape index (κ3) is 2.67. The molecule has 0 radical (unpaired) electrons. The van der Waals surface area contributed by atoms with Gasteiger partial charge in [-0.15, -0.1) is 0 Å². The molecule has 4 heteroatoms. The molecule has 0 aliphatic heterocycles. The molecular weight excluding hydrogens is 224 g/mol. The van der Waals surface area contributed by atoms with Crippen molar-refractivity contribution < 1.29 is 4.74 Å². The van der Waals surface area contributed by atoms with E-state index in [1.54, 1.807) is 7.11 Å². The Hall–Kier alpha value is -0.770. The second-order valence-electron chi connectivity index (χ2n) is 4.64. The van der Waals surface area contributed by atoms with Gasteiger partial charge < -0.3 is 16.2 Å². The summed E-state index contributed by atoms with van der Waals surface area (Å²) in [6, 6.07) is 3.34. The molecule has 0 aromatic heterocycles. The van der Waals surface area contributed by atoms with Gasteiger partial charge in [0, 0.05) is 16.1 Å². The zero-order chi connectivity index (χ0) is 12.5. The number of ether oxygens (including phenoxy) is 1. The van der Waals surface area contributed by atoms with Crippen LogP contribution in [0.1, 0.15) is 31.0 Å². The van der Waals surface area contributed by atoms with Gasteiger partial charge in [-0.25, -0.2) is 0 Å². The maximum Gasteiger partial charge on any atom is 0.126 e. The molecule has 0 aliphatic rings. The molecule has 0 saturated carbocycles. The van der Waals surface area contributed by atoms with Gasteiger partial charge >= 0.3 is 0 Å². The Balaban J connectivity index is 3.31. The van der Waals surface area contributed by atoms with Crippen molar-refractivity contribution in [2.75, 3.05) is 7.11 Å². The molecule has 0 spiro atoms. The predicted molar refractivity (Wildman–Crippen MR) is 67.9 cm³/mol. The van der Waals surface area contributed by atoms with E-state index in [2.05, 4.69) is 0 Å². The van der Waals surface area contributed by atoms with Crippen LogP contribution in [0, 0.1) is 6.92 Å². The van der Waals surface area contributed by atoms with Gasteiger partial charge in [-0.2, -0.15) is 0 Å². The van der Waals surface area contributed by atoms with Crippen LogP contribution in [0.2, 0.25) is 5.02 Å². The number of hydrogen-bond acceptors (Lipinski definition) is 3. The van der Waals surface area contributed by atoms with Crippen molar-refractivity contribution in [3.8, 4) is 5.75 Å². The van der Waals surface area contributed by atoms with Gasteiger partial charge in [-0.3, -0.25) is 0 Å². The molecular formula is C12H19ClN2O. The van der Waals surface area contributed by atoms with Crippen LogP contribution in [-0.2, 0) is 0 Å². The highest BCUT2D eigenvalue weighted by atomic mass is 35.5. The van der Waals surface area contributed by atoms with Crippen molar-refractivity contribution in [3.63, 3.8) is 0 Å². The molecule has 1 atom stereocenters. The average molecular weight is 243 g/mol. The summed E-state index contributed by atoms with van der Waals surface area (Å²) in [5.41, 5.74) is 13.4. The second-order valence-corrected chi connectivity index (χ2v) is 5.08. The Kier molecular flexibility index (Phi) is 3.84. The van der Waals surface area contributed by atoms with E-state index in [0.29, 0.717) is 5.02 Å². The lowest BCUT2D eigenvalue weighted by Gasteiger charge is -2.29. The van der Waals surface area contributed by atoms with Gasteiger partial charge in [0.15, 0.2) is 0 Å². The number of aryl methyl sites for hydroxylation is 1. The molecule has 1 rings (SSSR count). The number of methoxy groups -OCH3 is 1. The van der Waals surface area contributed by atoms with Crippen LogP contribution < -0.4 is 16.2 Å². The first-order valence-electron chi connectivity index (χ1n) is 5.16. The van der Waals surface area contributed by atoms with Gasteiger partial charge in [0.05, 0.1) is 13.2 Å². The van der Waals surface area contributed by atoms with Crippen molar-refractivity contribution in [1.82, 2.24) is 0 Å². The molecule has 90 valence electrons. The minimum absolute atomic E-state index is 0.320. The van der Waals surface area contributed by atoms with E-state index in [9.17, 15) is 0 Å². The maximum atomic E-state index is 6.12. The number of hydrogen-bond donors (Lipinski definition) is 2. The van der Waals surface area contributed by atoms with Crippen molar-refractivity contribution in [1.29, 1.82) is 0 Å². The van der Waals surface area contributed by atoms with E-state index in [0.717, 1.165) is 16.9 Å². The minimum Gasteiger partial charge on any atom is -0.496 e. The first-order valence-corrected chi connectivity index (χ1v) is 5.53. The summed E-state index contributed by atoms with van der Waals surface area (Å²) in [6.07, 6.45) is 0. The molecule has 0 fully saturated rings.